The van der Waals surface area contributed by atoms with E-state index in [1.54, 1.807) is 0 Å². The fourth-order valence-electron chi connectivity index (χ4n) is 0.348. The summed E-state index contributed by atoms with van der Waals surface area (Å²) >= 11 is -0.573. The van der Waals surface area contributed by atoms with Gasteiger partial charge in [0.25, 0.3) is 0 Å². The van der Waals surface area contributed by atoms with E-state index in [0.29, 0.717) is 4.81 Å². The molecular formula is C4H4O3Pt. The average Bonchev–Trinajstić information content (AvgIpc) is 1.64. The molecule has 1 aliphatic heterocycles. The van der Waals surface area contributed by atoms with Crippen LogP contribution < -0.4 is 0 Å². The van der Waals surface area contributed by atoms with Gasteiger partial charge in [0.05, 0.1) is 0 Å². The van der Waals surface area contributed by atoms with Crippen molar-refractivity contribution in [3.63, 3.8) is 0 Å². The fraction of sp³-hybridized carbons (Fsp3) is 0.500. The summed E-state index contributed by atoms with van der Waals surface area (Å²) < 4.78 is 4.60. The number of hydrogen-bond donors (Lipinski definition) is 0. The molecule has 1 aliphatic rings. The van der Waals surface area contributed by atoms with Crippen LogP contribution in [0, 0.1) is 0 Å². The molecule has 0 saturated carbocycles. The molecule has 1 saturated heterocycles. The van der Waals surface area contributed by atoms with E-state index in [4.69, 9.17) is 0 Å². The molecule has 0 bridgehead atoms. The molecule has 4 heteroatoms. The van der Waals surface area contributed by atoms with Gasteiger partial charge in [0.1, 0.15) is 0 Å². The number of Topliss-reactive ketones (excluding diaryl/α,β-unsaturated/α-hetero) is 1. The Bertz CT molecular complexity index is 117. The Kier molecular flexibility index (Phi) is 1.79. The summed E-state index contributed by atoms with van der Waals surface area (Å²) in [6.07, 6.45) is -0.000000000000000222. The first kappa shape index (κ1) is 5.96. The van der Waals surface area contributed by atoms with Gasteiger partial charge < -0.3 is 0 Å². The van der Waals surface area contributed by atoms with Crippen LogP contribution in [0.3, 0.4) is 0 Å². The quantitative estimate of drug-likeness (QED) is 0.587. The minimum atomic E-state index is -0.573. The van der Waals surface area contributed by atoms with Gasteiger partial charge in [-0.1, -0.05) is 0 Å². The molecule has 0 N–H and O–H groups in total. The third kappa shape index (κ3) is 1.41. The first-order chi connectivity index (χ1) is 3.79. The van der Waals surface area contributed by atoms with Gasteiger partial charge in [0.2, 0.25) is 0 Å². The van der Waals surface area contributed by atoms with Crippen molar-refractivity contribution >= 4 is 11.8 Å². The van der Waals surface area contributed by atoms with Crippen molar-refractivity contribution in [2.45, 2.75) is 11.2 Å². The van der Waals surface area contributed by atoms with Crippen LogP contribution in [-0.4, -0.2) is 11.8 Å². The van der Waals surface area contributed by atoms with Crippen LogP contribution in [-0.2, 0) is 31.9 Å². The van der Waals surface area contributed by atoms with Gasteiger partial charge in [0, 0.05) is 0 Å². The van der Waals surface area contributed by atoms with Crippen LogP contribution in [0.5, 0.6) is 0 Å². The van der Waals surface area contributed by atoms with E-state index in [-0.39, 0.29) is 18.2 Å². The summed E-state index contributed by atoms with van der Waals surface area (Å²) in [4.78, 5) is 21.2. The zero-order valence-corrected chi connectivity index (χ0v) is 6.23. The molecule has 48 valence electrons. The molecule has 0 aromatic heterocycles. The monoisotopic (exact) mass is 295 g/mol. The third-order valence-electron chi connectivity index (χ3n) is 0.629. The van der Waals surface area contributed by atoms with E-state index in [2.05, 4.69) is 3.39 Å². The van der Waals surface area contributed by atoms with Gasteiger partial charge in [-0.05, 0) is 0 Å². The van der Waals surface area contributed by atoms with Crippen molar-refractivity contribution in [1.82, 2.24) is 0 Å². The summed E-state index contributed by atoms with van der Waals surface area (Å²) in [5.74, 6) is -0.302. The zero-order valence-electron chi connectivity index (χ0n) is 3.96. The van der Waals surface area contributed by atoms with E-state index >= 15 is 0 Å². The number of carbonyl (C=O) groups excluding carboxylic acids is 2. The first-order valence-corrected chi connectivity index (χ1v) is 4.56. The Labute approximate surface area is 55.4 Å². The number of ketones is 1. The molecule has 3 nitrogen and oxygen atoms in total. The SMILES string of the molecule is O=C1[CH2][Pt][O]C(=O)C1. The Hall–Kier alpha value is -0.172. The maximum atomic E-state index is 10.4. The Morgan fingerprint density at radius 2 is 2.25 bits per heavy atom. The molecule has 1 heterocycles. The van der Waals surface area contributed by atoms with Crippen molar-refractivity contribution in [2.24, 2.45) is 0 Å². The fourth-order valence-corrected chi connectivity index (χ4v) is 1.69. The number of hydrogen-bond acceptors (Lipinski definition) is 3. The summed E-state index contributed by atoms with van der Waals surface area (Å²) in [6, 6.07) is 0. The molecule has 0 unspecified atom stereocenters. The Balaban J connectivity index is 2.45. The Morgan fingerprint density at radius 1 is 1.50 bits per heavy atom. The van der Waals surface area contributed by atoms with Crippen LogP contribution in [0.15, 0.2) is 0 Å². The second-order valence-electron chi connectivity index (χ2n) is 1.36. The van der Waals surface area contributed by atoms with E-state index in [1.807, 2.05) is 0 Å². The van der Waals surface area contributed by atoms with E-state index in [1.165, 1.54) is 0 Å². The van der Waals surface area contributed by atoms with Gasteiger partial charge in [-0.15, -0.1) is 0 Å². The summed E-state index contributed by atoms with van der Waals surface area (Å²) in [5, 5.41) is 0. The minimum absolute atomic E-state index is 0.000000000000000222. The van der Waals surface area contributed by atoms with Crippen LogP contribution in [0.2, 0.25) is 4.81 Å². The van der Waals surface area contributed by atoms with Gasteiger partial charge >= 0.3 is 54.9 Å². The number of carbonyl (C=O) groups is 2. The van der Waals surface area contributed by atoms with Crippen molar-refractivity contribution in [3.8, 4) is 0 Å². The normalized spacial score (nSPS) is 21.5. The summed E-state index contributed by atoms with van der Waals surface area (Å²) in [7, 11) is 0. The van der Waals surface area contributed by atoms with Gasteiger partial charge in [-0.2, -0.15) is 0 Å². The molecule has 0 aliphatic carbocycles. The predicted octanol–water partition coefficient (Wildman–Crippen LogP) is -0.0818. The van der Waals surface area contributed by atoms with Crippen molar-refractivity contribution in [3.05, 3.63) is 0 Å². The van der Waals surface area contributed by atoms with Crippen LogP contribution >= 0.6 is 0 Å². The van der Waals surface area contributed by atoms with E-state index in [9.17, 15) is 9.59 Å². The van der Waals surface area contributed by atoms with Gasteiger partial charge in [-0.3, -0.25) is 0 Å². The number of rotatable bonds is 0. The molecule has 0 aromatic carbocycles. The molecule has 8 heavy (non-hydrogen) atoms. The van der Waals surface area contributed by atoms with Crippen LogP contribution in [0.4, 0.5) is 0 Å². The molecular weight excluding hydrogens is 291 g/mol. The topological polar surface area (TPSA) is 43.4 Å². The van der Waals surface area contributed by atoms with Gasteiger partial charge in [-0.25, -0.2) is 0 Å². The summed E-state index contributed by atoms with van der Waals surface area (Å²) in [6.45, 7) is 0. The van der Waals surface area contributed by atoms with E-state index in [0.717, 1.165) is 0 Å². The average molecular weight is 295 g/mol. The molecule has 0 radical (unpaired) electrons. The molecule has 1 rings (SSSR count). The second-order valence-corrected chi connectivity index (χ2v) is 3.28. The molecule has 0 aromatic rings. The van der Waals surface area contributed by atoms with Gasteiger partial charge in [0.15, 0.2) is 0 Å². The van der Waals surface area contributed by atoms with Crippen molar-refractivity contribution in [2.75, 3.05) is 0 Å². The van der Waals surface area contributed by atoms with Crippen LogP contribution in [0.1, 0.15) is 6.42 Å². The molecule has 1 fully saturated rings. The first-order valence-electron chi connectivity index (χ1n) is 2.03. The molecule has 0 atom stereocenters. The van der Waals surface area contributed by atoms with Crippen molar-refractivity contribution < 1.29 is 31.9 Å². The Morgan fingerprint density at radius 3 is 2.62 bits per heavy atom. The predicted molar refractivity (Wildman–Crippen MR) is 20.5 cm³/mol. The maximum absolute atomic E-state index is 10.4. The van der Waals surface area contributed by atoms with Crippen LogP contribution in [0.25, 0.3) is 0 Å². The molecule has 0 amide bonds. The zero-order chi connectivity index (χ0) is 5.98. The van der Waals surface area contributed by atoms with Crippen molar-refractivity contribution in [1.29, 1.82) is 0 Å². The molecule has 0 spiro atoms. The second kappa shape index (κ2) is 2.40. The third-order valence-corrected chi connectivity index (χ3v) is 2.70. The van der Waals surface area contributed by atoms with E-state index < -0.39 is 18.9 Å². The standard InChI is InChI=1S/C4H5O3.Pt/c1-3(5)2-4(6)7;/h1-2H2,(H,6,7);/q;+1/p-1. The summed E-state index contributed by atoms with van der Waals surface area (Å²) in [5.41, 5.74) is 0.